The number of rotatable bonds is 4. The van der Waals surface area contributed by atoms with Crippen LogP contribution in [-0.2, 0) is 11.2 Å². The zero-order valence-electron chi connectivity index (χ0n) is 7.58. The summed E-state index contributed by atoms with van der Waals surface area (Å²) >= 11 is 1.34. The molecule has 1 aromatic heterocycles. The molecule has 0 aromatic carbocycles. The van der Waals surface area contributed by atoms with Crippen LogP contribution in [-0.4, -0.2) is 17.6 Å². The smallest absolute Gasteiger partial charge is 0.367 e. The number of aromatic nitrogens is 1. The van der Waals surface area contributed by atoms with Crippen LogP contribution < -0.4 is 0 Å². The molecule has 1 radical (unpaired) electrons. The van der Waals surface area contributed by atoms with Gasteiger partial charge in [0.2, 0.25) is 5.01 Å². The topological polar surface area (TPSA) is 39.2 Å². The quantitative estimate of drug-likeness (QED) is 0.695. The average molecular weight is 198 g/mol. The third kappa shape index (κ3) is 2.81. The van der Waals surface area contributed by atoms with Crippen molar-refractivity contribution < 1.29 is 9.53 Å². The Morgan fingerprint density at radius 2 is 2.54 bits per heavy atom. The number of ether oxygens (including phenoxy) is 1. The first-order chi connectivity index (χ1) is 6.27. The van der Waals surface area contributed by atoms with Crippen molar-refractivity contribution in [3.05, 3.63) is 23.0 Å². The molecule has 0 N–H and O–H groups in total. The molecule has 0 aliphatic rings. The summed E-state index contributed by atoms with van der Waals surface area (Å²) in [4.78, 5) is 16.2. The Bertz CT molecular complexity index is 283. The van der Waals surface area contributed by atoms with Crippen molar-refractivity contribution >= 4 is 17.3 Å². The third-order valence-corrected chi connectivity index (χ3v) is 2.45. The maximum absolute atomic E-state index is 11.2. The van der Waals surface area contributed by atoms with Gasteiger partial charge in [-0.3, -0.25) is 0 Å². The number of hydrogen-bond acceptors (Lipinski definition) is 4. The fourth-order valence-electron chi connectivity index (χ4n) is 0.774. The zero-order valence-corrected chi connectivity index (χ0v) is 8.39. The maximum atomic E-state index is 11.2. The number of hydrogen-bond donors (Lipinski definition) is 0. The van der Waals surface area contributed by atoms with Gasteiger partial charge < -0.3 is 4.74 Å². The Hall–Kier alpha value is -0.900. The Labute approximate surface area is 81.8 Å². The predicted molar refractivity (Wildman–Crippen MR) is 51.7 cm³/mol. The Morgan fingerprint density at radius 1 is 1.77 bits per heavy atom. The van der Waals surface area contributed by atoms with Crippen LogP contribution in [0.3, 0.4) is 0 Å². The number of esters is 1. The van der Waals surface area contributed by atoms with E-state index in [1.165, 1.54) is 11.3 Å². The highest BCUT2D eigenvalue weighted by atomic mass is 32.1. The molecule has 0 spiro atoms. The molecule has 0 fully saturated rings. The summed E-state index contributed by atoms with van der Waals surface area (Å²) < 4.78 is 4.92. The molecule has 13 heavy (non-hydrogen) atoms. The lowest BCUT2D eigenvalue weighted by molar-refractivity contribution is 0.0504. The van der Waals surface area contributed by atoms with Gasteiger partial charge in [-0.2, -0.15) is 0 Å². The van der Waals surface area contributed by atoms with E-state index in [-0.39, 0.29) is 5.97 Å². The minimum absolute atomic E-state index is 0.327. The van der Waals surface area contributed by atoms with E-state index in [1.54, 1.807) is 6.20 Å². The van der Waals surface area contributed by atoms with E-state index in [9.17, 15) is 4.79 Å². The van der Waals surface area contributed by atoms with Crippen LogP contribution in [0.2, 0.25) is 0 Å². The van der Waals surface area contributed by atoms with Gasteiger partial charge in [0.25, 0.3) is 0 Å². The standard InChI is InChI=1S/C9H12NO2S/c1-3-5-12-9(11)8-10-6-7(4-2)13-8/h6H,2-5H2,1H3. The molecule has 3 nitrogen and oxygen atoms in total. The largest absolute Gasteiger partial charge is 0.460 e. The van der Waals surface area contributed by atoms with Crippen molar-refractivity contribution in [3.8, 4) is 0 Å². The van der Waals surface area contributed by atoms with Crippen LogP contribution in [0.4, 0.5) is 0 Å². The Morgan fingerprint density at radius 3 is 3.08 bits per heavy atom. The SMILES string of the molecule is [CH2]Cc1cnc(C(=O)OCCC)s1. The molecule has 0 unspecified atom stereocenters. The van der Waals surface area contributed by atoms with Gasteiger partial charge >= 0.3 is 5.97 Å². The molecule has 4 heteroatoms. The lowest BCUT2D eigenvalue weighted by Crippen LogP contribution is -2.04. The third-order valence-electron chi connectivity index (χ3n) is 1.41. The van der Waals surface area contributed by atoms with Gasteiger partial charge in [0.15, 0.2) is 0 Å². The fraction of sp³-hybridized carbons (Fsp3) is 0.444. The summed E-state index contributed by atoms with van der Waals surface area (Å²) in [6.45, 7) is 6.12. The molecule has 1 aromatic rings. The van der Waals surface area contributed by atoms with Crippen molar-refractivity contribution in [2.24, 2.45) is 0 Å². The lowest BCUT2D eigenvalue weighted by atomic mass is 10.4. The van der Waals surface area contributed by atoms with Crippen molar-refractivity contribution in [1.82, 2.24) is 4.98 Å². The fourth-order valence-corrected chi connectivity index (χ4v) is 1.48. The molecule has 71 valence electrons. The van der Waals surface area contributed by atoms with Crippen molar-refractivity contribution in [3.63, 3.8) is 0 Å². The number of carbonyl (C=O) groups is 1. The van der Waals surface area contributed by atoms with Crippen LogP contribution in [0.15, 0.2) is 6.20 Å². The van der Waals surface area contributed by atoms with Crippen molar-refractivity contribution in [1.29, 1.82) is 0 Å². The Kier molecular flexibility index (Phi) is 3.89. The normalized spacial score (nSPS) is 10.0. The summed E-state index contributed by atoms with van der Waals surface area (Å²) in [6.07, 6.45) is 3.16. The Balaban J connectivity index is 2.55. The highest BCUT2D eigenvalue weighted by Gasteiger charge is 2.10. The van der Waals surface area contributed by atoms with Gasteiger partial charge in [-0.15, -0.1) is 11.3 Å². The first-order valence-electron chi connectivity index (χ1n) is 4.19. The summed E-state index contributed by atoms with van der Waals surface area (Å²) in [6, 6.07) is 0. The van der Waals surface area contributed by atoms with Gasteiger partial charge in [0, 0.05) is 11.1 Å². The molecule has 0 bridgehead atoms. The molecule has 0 aliphatic heterocycles. The molecule has 0 saturated heterocycles. The van der Waals surface area contributed by atoms with E-state index < -0.39 is 0 Å². The van der Waals surface area contributed by atoms with Crippen molar-refractivity contribution in [2.45, 2.75) is 19.8 Å². The molecule has 0 aliphatic carbocycles. The van der Waals surface area contributed by atoms with E-state index in [4.69, 9.17) is 4.74 Å². The second-order valence-electron chi connectivity index (χ2n) is 2.52. The van der Waals surface area contributed by atoms with Gasteiger partial charge in [0.05, 0.1) is 6.61 Å². The average Bonchev–Trinajstić information content (AvgIpc) is 2.62. The highest BCUT2D eigenvalue weighted by molar-refractivity contribution is 7.13. The summed E-state index contributed by atoms with van der Waals surface area (Å²) in [7, 11) is 0. The molecule has 0 amide bonds. The van der Waals surface area contributed by atoms with E-state index >= 15 is 0 Å². The van der Waals surface area contributed by atoms with E-state index in [1.807, 2.05) is 6.92 Å². The summed E-state index contributed by atoms with van der Waals surface area (Å²) in [5, 5.41) is 0.423. The van der Waals surface area contributed by atoms with Gasteiger partial charge in [-0.1, -0.05) is 6.92 Å². The number of thiazole rings is 1. The first-order valence-corrected chi connectivity index (χ1v) is 5.00. The zero-order chi connectivity index (χ0) is 9.68. The van der Waals surface area contributed by atoms with Crippen LogP contribution in [0, 0.1) is 6.92 Å². The van der Waals surface area contributed by atoms with Gasteiger partial charge in [-0.05, 0) is 19.8 Å². The molecule has 0 saturated carbocycles. The predicted octanol–water partition coefficient (Wildman–Crippen LogP) is 2.09. The lowest BCUT2D eigenvalue weighted by Gasteiger charge is -1.97. The van der Waals surface area contributed by atoms with Crippen LogP contribution in [0.1, 0.15) is 28.0 Å². The first kappa shape index (κ1) is 10.2. The summed E-state index contributed by atoms with van der Waals surface area (Å²) in [5.41, 5.74) is 0. The maximum Gasteiger partial charge on any atom is 0.367 e. The minimum atomic E-state index is -0.327. The van der Waals surface area contributed by atoms with Gasteiger partial charge in [-0.25, -0.2) is 9.78 Å². The summed E-state index contributed by atoms with van der Waals surface area (Å²) in [5.74, 6) is -0.327. The minimum Gasteiger partial charge on any atom is -0.460 e. The van der Waals surface area contributed by atoms with Crippen molar-refractivity contribution in [2.75, 3.05) is 6.61 Å². The molecule has 0 atom stereocenters. The highest BCUT2D eigenvalue weighted by Crippen LogP contribution is 2.13. The molecule has 1 heterocycles. The van der Waals surface area contributed by atoms with E-state index in [2.05, 4.69) is 11.9 Å². The molecule has 1 rings (SSSR count). The van der Waals surface area contributed by atoms with E-state index in [0.29, 0.717) is 18.0 Å². The molecular weight excluding hydrogens is 186 g/mol. The van der Waals surface area contributed by atoms with Crippen LogP contribution in [0.5, 0.6) is 0 Å². The van der Waals surface area contributed by atoms with Gasteiger partial charge in [0.1, 0.15) is 0 Å². The number of nitrogens with zero attached hydrogens (tertiary/aromatic N) is 1. The number of carbonyl (C=O) groups excluding carboxylic acids is 1. The van der Waals surface area contributed by atoms with Crippen LogP contribution >= 0.6 is 11.3 Å². The second kappa shape index (κ2) is 4.97. The monoisotopic (exact) mass is 198 g/mol. The molecular formula is C9H12NO2S. The van der Waals surface area contributed by atoms with Crippen LogP contribution in [0.25, 0.3) is 0 Å². The van der Waals surface area contributed by atoms with E-state index in [0.717, 1.165) is 11.3 Å². The second-order valence-corrected chi connectivity index (χ2v) is 3.63.